The Labute approximate surface area is 143 Å². The Balaban J connectivity index is 1.78. The highest BCUT2D eigenvalue weighted by atomic mass is 35.5. The highest BCUT2D eigenvalue weighted by Crippen LogP contribution is 2.32. The van der Waals surface area contributed by atoms with Gasteiger partial charge in [0, 0.05) is 43.5 Å². The van der Waals surface area contributed by atoms with Crippen molar-refractivity contribution >= 4 is 40.4 Å². The van der Waals surface area contributed by atoms with Gasteiger partial charge in [0.2, 0.25) is 0 Å². The van der Waals surface area contributed by atoms with E-state index >= 15 is 0 Å². The number of pyridine rings is 1. The summed E-state index contributed by atoms with van der Waals surface area (Å²) in [5, 5.41) is 12.3. The number of aromatic nitrogens is 1. The van der Waals surface area contributed by atoms with Crippen LogP contribution in [0.3, 0.4) is 0 Å². The summed E-state index contributed by atoms with van der Waals surface area (Å²) in [4.78, 5) is 19.2. The van der Waals surface area contributed by atoms with E-state index in [0.717, 1.165) is 5.82 Å². The molecule has 23 heavy (non-hydrogen) atoms. The third kappa shape index (κ3) is 3.33. The number of nitrogens with zero attached hydrogens (tertiary/aromatic N) is 4. The molecule has 0 atom stereocenters. The maximum atomic E-state index is 11.2. The Morgan fingerprint density at radius 2 is 1.78 bits per heavy atom. The lowest BCUT2D eigenvalue weighted by Gasteiger charge is -2.36. The minimum Gasteiger partial charge on any atom is -0.362 e. The van der Waals surface area contributed by atoms with Crippen LogP contribution in [0.15, 0.2) is 36.5 Å². The summed E-state index contributed by atoms with van der Waals surface area (Å²) in [7, 11) is 0. The number of rotatable bonds is 3. The average Bonchev–Trinajstić information content (AvgIpc) is 2.55. The summed E-state index contributed by atoms with van der Waals surface area (Å²) in [6.07, 6.45) is 1.70. The smallest absolute Gasteiger partial charge is 0.292 e. The predicted molar refractivity (Wildman–Crippen MR) is 91.8 cm³/mol. The number of nitro benzene ring substituents is 1. The van der Waals surface area contributed by atoms with Crippen molar-refractivity contribution in [1.82, 2.24) is 4.98 Å². The monoisotopic (exact) mass is 352 g/mol. The number of anilines is 2. The molecule has 1 saturated heterocycles. The molecule has 0 amide bonds. The molecule has 0 aliphatic carbocycles. The van der Waals surface area contributed by atoms with E-state index in [-0.39, 0.29) is 10.6 Å². The highest BCUT2D eigenvalue weighted by Gasteiger charge is 2.25. The summed E-state index contributed by atoms with van der Waals surface area (Å²) in [5.41, 5.74) is 0.619. The Kier molecular flexibility index (Phi) is 4.54. The predicted octanol–water partition coefficient (Wildman–Crippen LogP) is 3.62. The van der Waals surface area contributed by atoms with Crippen molar-refractivity contribution < 1.29 is 4.92 Å². The number of hydrogen-bond donors (Lipinski definition) is 0. The van der Waals surface area contributed by atoms with Crippen LogP contribution >= 0.6 is 23.2 Å². The molecule has 2 aromatic rings. The van der Waals surface area contributed by atoms with E-state index in [1.54, 1.807) is 24.4 Å². The van der Waals surface area contributed by atoms with Gasteiger partial charge in [-0.05, 0) is 24.3 Å². The van der Waals surface area contributed by atoms with Gasteiger partial charge in [0.1, 0.15) is 11.5 Å². The van der Waals surface area contributed by atoms with Gasteiger partial charge >= 0.3 is 0 Å². The van der Waals surface area contributed by atoms with E-state index in [9.17, 15) is 10.1 Å². The molecule has 120 valence electrons. The Hall–Kier alpha value is -2.05. The molecule has 1 aromatic heterocycles. The van der Waals surface area contributed by atoms with E-state index in [1.165, 1.54) is 12.1 Å². The second kappa shape index (κ2) is 6.60. The first-order valence-corrected chi connectivity index (χ1v) is 7.86. The van der Waals surface area contributed by atoms with Crippen LogP contribution in [0.25, 0.3) is 0 Å². The van der Waals surface area contributed by atoms with Crippen molar-refractivity contribution in [2.45, 2.75) is 0 Å². The van der Waals surface area contributed by atoms with Crippen molar-refractivity contribution in [2.75, 3.05) is 36.0 Å². The summed E-state index contributed by atoms with van der Waals surface area (Å²) < 4.78 is 0. The molecule has 1 aliphatic heterocycles. The van der Waals surface area contributed by atoms with Gasteiger partial charge in [0.05, 0.1) is 9.95 Å². The fourth-order valence-electron chi connectivity index (χ4n) is 2.67. The molecule has 8 heteroatoms. The first-order chi connectivity index (χ1) is 11.1. The van der Waals surface area contributed by atoms with Gasteiger partial charge in [-0.2, -0.15) is 0 Å². The van der Waals surface area contributed by atoms with Crippen molar-refractivity contribution in [2.24, 2.45) is 0 Å². The van der Waals surface area contributed by atoms with Gasteiger partial charge < -0.3 is 9.80 Å². The minimum absolute atomic E-state index is 0.0683. The van der Waals surface area contributed by atoms with Crippen LogP contribution in [0.2, 0.25) is 10.0 Å². The molecule has 0 N–H and O–H groups in total. The molecular formula is C15H14Cl2N4O2. The van der Waals surface area contributed by atoms with Crippen molar-refractivity contribution in [3.63, 3.8) is 0 Å². The third-order valence-corrected chi connectivity index (χ3v) is 4.32. The summed E-state index contributed by atoms with van der Waals surface area (Å²) in [6.45, 7) is 2.63. The van der Waals surface area contributed by atoms with Crippen molar-refractivity contribution in [3.05, 3.63) is 56.7 Å². The lowest BCUT2D eigenvalue weighted by molar-refractivity contribution is -0.384. The number of halogens is 2. The molecule has 0 bridgehead atoms. The zero-order valence-corrected chi connectivity index (χ0v) is 13.7. The fourth-order valence-corrected chi connectivity index (χ4v) is 3.08. The molecule has 6 nitrogen and oxygen atoms in total. The summed E-state index contributed by atoms with van der Waals surface area (Å²) in [6, 6.07) is 8.21. The molecule has 3 rings (SSSR count). The highest BCUT2D eigenvalue weighted by molar-refractivity contribution is 6.33. The third-order valence-electron chi connectivity index (χ3n) is 3.79. The normalized spacial score (nSPS) is 14.9. The van der Waals surface area contributed by atoms with Gasteiger partial charge in [-0.3, -0.25) is 10.1 Å². The maximum Gasteiger partial charge on any atom is 0.292 e. The molecule has 0 spiro atoms. The molecule has 1 aliphatic rings. The second-order valence-corrected chi connectivity index (χ2v) is 6.02. The summed E-state index contributed by atoms with van der Waals surface area (Å²) in [5.74, 6) is 0.745. The minimum atomic E-state index is -0.381. The van der Waals surface area contributed by atoms with Crippen LogP contribution in [0, 0.1) is 10.1 Å². The fraction of sp³-hybridized carbons (Fsp3) is 0.267. The van der Waals surface area contributed by atoms with Crippen molar-refractivity contribution in [1.29, 1.82) is 0 Å². The zero-order chi connectivity index (χ0) is 16.4. The number of benzene rings is 1. The van der Waals surface area contributed by atoms with E-state index in [1.807, 2.05) is 4.90 Å². The van der Waals surface area contributed by atoms with E-state index in [2.05, 4.69) is 9.88 Å². The molecule has 1 aromatic carbocycles. The van der Waals surface area contributed by atoms with Gasteiger partial charge in [0.15, 0.2) is 0 Å². The Morgan fingerprint density at radius 1 is 1.09 bits per heavy atom. The number of hydrogen-bond acceptors (Lipinski definition) is 5. The van der Waals surface area contributed by atoms with Gasteiger partial charge in [0.25, 0.3) is 5.69 Å². The van der Waals surface area contributed by atoms with E-state index < -0.39 is 0 Å². The number of nitro groups is 1. The van der Waals surface area contributed by atoms with Crippen LogP contribution in [0.5, 0.6) is 0 Å². The lowest BCUT2D eigenvalue weighted by Crippen LogP contribution is -2.47. The van der Waals surface area contributed by atoms with Crippen LogP contribution in [0.1, 0.15) is 0 Å². The van der Waals surface area contributed by atoms with Crippen LogP contribution in [0.4, 0.5) is 17.2 Å². The summed E-state index contributed by atoms with van der Waals surface area (Å²) >= 11 is 12.2. The average molecular weight is 353 g/mol. The van der Waals surface area contributed by atoms with Gasteiger partial charge in [-0.1, -0.05) is 23.2 Å². The SMILES string of the molecule is O=[N+]([O-])c1ccc(Cl)cc1N1CCN(c2ncccc2Cl)CC1. The lowest BCUT2D eigenvalue weighted by atomic mass is 10.2. The molecular weight excluding hydrogens is 339 g/mol. The molecule has 0 unspecified atom stereocenters. The van der Waals surface area contributed by atoms with Crippen LogP contribution < -0.4 is 9.80 Å². The van der Waals surface area contributed by atoms with Crippen LogP contribution in [-0.4, -0.2) is 36.1 Å². The van der Waals surface area contributed by atoms with Crippen molar-refractivity contribution in [3.8, 4) is 0 Å². The first kappa shape index (κ1) is 15.8. The van der Waals surface area contributed by atoms with E-state index in [0.29, 0.717) is 41.9 Å². The standard InChI is InChI=1S/C15H14Cl2N4O2/c16-11-3-4-13(21(22)23)14(10-11)19-6-8-20(9-7-19)15-12(17)2-1-5-18-15/h1-5,10H,6-9H2. The molecule has 2 heterocycles. The molecule has 0 radical (unpaired) electrons. The Morgan fingerprint density at radius 3 is 2.43 bits per heavy atom. The maximum absolute atomic E-state index is 11.2. The largest absolute Gasteiger partial charge is 0.362 e. The topological polar surface area (TPSA) is 62.5 Å². The first-order valence-electron chi connectivity index (χ1n) is 7.10. The van der Waals surface area contributed by atoms with E-state index in [4.69, 9.17) is 23.2 Å². The van der Waals surface area contributed by atoms with Gasteiger partial charge in [-0.25, -0.2) is 4.98 Å². The zero-order valence-electron chi connectivity index (χ0n) is 12.2. The molecule has 0 saturated carbocycles. The van der Waals surface area contributed by atoms with Gasteiger partial charge in [-0.15, -0.1) is 0 Å². The quantitative estimate of drug-likeness (QED) is 0.623. The number of piperazine rings is 1. The molecule has 1 fully saturated rings. The second-order valence-electron chi connectivity index (χ2n) is 5.17. The van der Waals surface area contributed by atoms with Crippen LogP contribution in [-0.2, 0) is 0 Å². The Bertz CT molecular complexity index is 733.